The predicted molar refractivity (Wildman–Crippen MR) is 76.6 cm³/mol. The number of carboxylic acid groups (broad SMARTS) is 1. The van der Waals surface area contributed by atoms with Crippen LogP contribution >= 0.6 is 0 Å². The maximum absolute atomic E-state index is 11.1. The van der Waals surface area contributed by atoms with Crippen molar-refractivity contribution in [1.29, 1.82) is 5.26 Å². The van der Waals surface area contributed by atoms with Gasteiger partial charge in [-0.25, -0.2) is 9.78 Å². The zero-order chi connectivity index (χ0) is 15.4. The maximum Gasteiger partial charge on any atom is 0.337 e. The number of rotatable bonds is 4. The number of aromatic nitrogens is 1. The molecule has 0 atom stereocenters. The Labute approximate surface area is 120 Å². The average molecular weight is 284 g/mol. The molecule has 0 aliphatic heterocycles. The quantitative estimate of drug-likeness (QED) is 0.784. The molecule has 0 aliphatic carbocycles. The van der Waals surface area contributed by atoms with Crippen LogP contribution in [0, 0.1) is 11.3 Å². The second-order valence-electron chi connectivity index (χ2n) is 4.08. The first-order valence-corrected chi connectivity index (χ1v) is 5.89. The Hall–Kier alpha value is -3.27. The summed E-state index contributed by atoms with van der Waals surface area (Å²) in [4.78, 5) is 15.1. The van der Waals surface area contributed by atoms with Crippen molar-refractivity contribution in [3.8, 4) is 11.8 Å². The monoisotopic (exact) mass is 284 g/mol. The number of methoxy groups -OCH3 is 1. The van der Waals surface area contributed by atoms with Crippen molar-refractivity contribution < 1.29 is 14.6 Å². The summed E-state index contributed by atoms with van der Waals surface area (Å²) in [7, 11) is 1.47. The number of carbonyl (C=O) groups is 1. The minimum atomic E-state index is -1.15. The van der Waals surface area contributed by atoms with Crippen molar-refractivity contribution in [1.82, 2.24) is 4.98 Å². The number of anilines is 3. The maximum atomic E-state index is 11.1. The van der Waals surface area contributed by atoms with E-state index in [1.807, 2.05) is 6.07 Å². The summed E-state index contributed by atoms with van der Waals surface area (Å²) < 4.78 is 5.18. The lowest BCUT2D eigenvalue weighted by Gasteiger charge is -2.12. The van der Waals surface area contributed by atoms with Gasteiger partial charge in [0.1, 0.15) is 23.3 Å². The Kier molecular flexibility index (Phi) is 3.90. The number of hydrogen-bond acceptors (Lipinski definition) is 6. The molecule has 21 heavy (non-hydrogen) atoms. The highest BCUT2D eigenvalue weighted by atomic mass is 16.5. The predicted octanol–water partition coefficient (Wildman–Crippen LogP) is 1.99. The zero-order valence-electron chi connectivity index (χ0n) is 11.1. The summed E-state index contributed by atoms with van der Waals surface area (Å²) >= 11 is 0. The molecule has 1 heterocycles. The van der Waals surface area contributed by atoms with Crippen molar-refractivity contribution in [3.05, 3.63) is 41.6 Å². The van der Waals surface area contributed by atoms with Gasteiger partial charge in [-0.3, -0.25) is 0 Å². The van der Waals surface area contributed by atoms with E-state index >= 15 is 0 Å². The van der Waals surface area contributed by atoms with Crippen LogP contribution in [0.2, 0.25) is 0 Å². The lowest BCUT2D eigenvalue weighted by atomic mass is 10.1. The van der Waals surface area contributed by atoms with E-state index in [9.17, 15) is 4.79 Å². The topological polar surface area (TPSA) is 121 Å². The van der Waals surface area contributed by atoms with E-state index in [1.54, 1.807) is 18.2 Å². The molecule has 2 aromatic rings. The molecule has 4 N–H and O–H groups in total. The molecule has 0 bridgehead atoms. The number of nitriles is 1. The highest BCUT2D eigenvalue weighted by molar-refractivity contribution is 5.94. The van der Waals surface area contributed by atoms with Gasteiger partial charge in [-0.05, 0) is 18.2 Å². The first-order chi connectivity index (χ1) is 10.1. The molecular formula is C14H12N4O3. The summed E-state index contributed by atoms with van der Waals surface area (Å²) in [6.45, 7) is 0. The number of pyridine rings is 1. The van der Waals surface area contributed by atoms with Crippen molar-refractivity contribution >= 4 is 23.2 Å². The van der Waals surface area contributed by atoms with Crippen LogP contribution in [0.15, 0.2) is 30.5 Å². The van der Waals surface area contributed by atoms with Crippen LogP contribution in [-0.4, -0.2) is 23.2 Å². The largest absolute Gasteiger partial charge is 0.495 e. The van der Waals surface area contributed by atoms with Gasteiger partial charge >= 0.3 is 5.97 Å². The summed E-state index contributed by atoms with van der Waals surface area (Å²) in [5.74, 6) is -0.453. The van der Waals surface area contributed by atoms with Crippen LogP contribution in [0.1, 0.15) is 15.9 Å². The number of hydrogen-bond donors (Lipinski definition) is 3. The Balaban J connectivity index is 2.46. The number of para-hydroxylation sites is 1. The number of ether oxygens (including phenoxy) is 1. The summed E-state index contributed by atoms with van der Waals surface area (Å²) in [6, 6.07) is 8.30. The van der Waals surface area contributed by atoms with Gasteiger partial charge in [0.05, 0.1) is 30.1 Å². The molecule has 106 valence electrons. The summed E-state index contributed by atoms with van der Waals surface area (Å²) in [5, 5.41) is 21.1. The van der Waals surface area contributed by atoms with E-state index in [0.29, 0.717) is 17.0 Å². The molecule has 0 spiro atoms. The van der Waals surface area contributed by atoms with Gasteiger partial charge in [-0.1, -0.05) is 6.07 Å². The molecule has 7 nitrogen and oxygen atoms in total. The van der Waals surface area contributed by atoms with Gasteiger partial charge in [0, 0.05) is 0 Å². The van der Waals surface area contributed by atoms with Crippen molar-refractivity contribution in [2.75, 3.05) is 18.2 Å². The molecular weight excluding hydrogens is 272 g/mol. The smallest absolute Gasteiger partial charge is 0.337 e. The second-order valence-corrected chi connectivity index (χ2v) is 4.08. The minimum absolute atomic E-state index is 0.0635. The van der Waals surface area contributed by atoms with Crippen molar-refractivity contribution in [2.45, 2.75) is 0 Å². The van der Waals surface area contributed by atoms with E-state index < -0.39 is 5.97 Å². The fraction of sp³-hybridized carbons (Fsp3) is 0.0714. The SMILES string of the molecule is COc1cccc(C#N)c1Nc1cc(C(=O)O)c(N)cn1. The van der Waals surface area contributed by atoms with Gasteiger partial charge in [-0.15, -0.1) is 0 Å². The third kappa shape index (κ3) is 2.84. The van der Waals surface area contributed by atoms with Crippen LogP contribution in [0.5, 0.6) is 5.75 Å². The molecule has 0 aliphatic rings. The number of nitrogens with one attached hydrogen (secondary N) is 1. The zero-order valence-corrected chi connectivity index (χ0v) is 11.1. The highest BCUT2D eigenvalue weighted by Crippen LogP contribution is 2.30. The van der Waals surface area contributed by atoms with Crippen LogP contribution in [0.3, 0.4) is 0 Å². The van der Waals surface area contributed by atoms with Gasteiger partial charge < -0.3 is 20.9 Å². The van der Waals surface area contributed by atoms with Crippen LogP contribution in [0.4, 0.5) is 17.2 Å². The Morgan fingerprint density at radius 2 is 2.29 bits per heavy atom. The standard InChI is InChI=1S/C14H12N4O3/c1-21-11-4-2-3-8(6-15)13(11)18-12-5-9(14(19)20)10(16)7-17-12/h2-5,7H,16H2,1H3,(H,17,18)(H,19,20). The van der Waals surface area contributed by atoms with Gasteiger partial charge in [0.2, 0.25) is 0 Å². The molecule has 0 saturated heterocycles. The summed E-state index contributed by atoms with van der Waals surface area (Å²) in [5.41, 5.74) is 6.31. The fourth-order valence-electron chi connectivity index (χ4n) is 1.77. The van der Waals surface area contributed by atoms with Gasteiger partial charge in [-0.2, -0.15) is 5.26 Å². The van der Waals surface area contributed by atoms with Gasteiger partial charge in [0.25, 0.3) is 0 Å². The number of nitrogens with zero attached hydrogens (tertiary/aromatic N) is 2. The average Bonchev–Trinajstić information content (AvgIpc) is 2.49. The van der Waals surface area contributed by atoms with E-state index in [1.165, 1.54) is 19.4 Å². The van der Waals surface area contributed by atoms with Crippen LogP contribution in [0.25, 0.3) is 0 Å². The second kappa shape index (κ2) is 5.79. The third-order valence-electron chi connectivity index (χ3n) is 2.78. The molecule has 0 radical (unpaired) electrons. The lowest BCUT2D eigenvalue weighted by Crippen LogP contribution is -2.06. The normalized spacial score (nSPS) is 9.71. The van der Waals surface area contributed by atoms with Crippen LogP contribution < -0.4 is 15.8 Å². The number of nitrogen functional groups attached to an aromatic ring is 1. The van der Waals surface area contributed by atoms with Crippen molar-refractivity contribution in [2.24, 2.45) is 0 Å². The first-order valence-electron chi connectivity index (χ1n) is 5.89. The lowest BCUT2D eigenvalue weighted by molar-refractivity contribution is 0.0698. The molecule has 0 fully saturated rings. The third-order valence-corrected chi connectivity index (χ3v) is 2.78. The molecule has 0 amide bonds. The molecule has 0 saturated carbocycles. The first kappa shape index (κ1) is 14.1. The van der Waals surface area contributed by atoms with Crippen LogP contribution in [-0.2, 0) is 0 Å². The van der Waals surface area contributed by atoms with E-state index in [2.05, 4.69) is 10.3 Å². The number of aromatic carboxylic acids is 1. The Bertz CT molecular complexity index is 737. The van der Waals surface area contributed by atoms with E-state index in [4.69, 9.17) is 20.8 Å². The number of nitrogens with two attached hydrogens (primary N) is 1. The van der Waals surface area contributed by atoms with E-state index in [-0.39, 0.29) is 17.1 Å². The van der Waals surface area contributed by atoms with Crippen molar-refractivity contribution in [3.63, 3.8) is 0 Å². The number of carboxylic acids is 1. The number of benzene rings is 1. The molecule has 1 aromatic heterocycles. The Morgan fingerprint density at radius 3 is 2.90 bits per heavy atom. The van der Waals surface area contributed by atoms with Gasteiger partial charge in [0.15, 0.2) is 0 Å². The summed E-state index contributed by atoms with van der Waals surface area (Å²) in [6.07, 6.45) is 1.24. The molecule has 2 rings (SSSR count). The highest BCUT2D eigenvalue weighted by Gasteiger charge is 2.13. The fourth-order valence-corrected chi connectivity index (χ4v) is 1.77. The molecule has 0 unspecified atom stereocenters. The minimum Gasteiger partial charge on any atom is -0.495 e. The van der Waals surface area contributed by atoms with E-state index in [0.717, 1.165) is 0 Å². The molecule has 1 aromatic carbocycles. The molecule has 7 heteroatoms. The Morgan fingerprint density at radius 1 is 1.52 bits per heavy atom.